The molecule has 0 amide bonds. The van der Waals surface area contributed by atoms with Gasteiger partial charge in [-0.05, 0) is 45.0 Å². The van der Waals surface area contributed by atoms with Gasteiger partial charge in [-0.3, -0.25) is 4.68 Å². The molecule has 0 saturated heterocycles. The van der Waals surface area contributed by atoms with Crippen molar-refractivity contribution in [1.29, 1.82) is 0 Å². The third kappa shape index (κ3) is 3.67. The van der Waals surface area contributed by atoms with Gasteiger partial charge in [-0.15, -0.1) is 0 Å². The van der Waals surface area contributed by atoms with Gasteiger partial charge >= 0.3 is 0 Å². The van der Waals surface area contributed by atoms with Crippen molar-refractivity contribution in [1.82, 2.24) is 15.1 Å². The minimum Gasteiger partial charge on any atom is -0.317 e. The van der Waals surface area contributed by atoms with Gasteiger partial charge in [0.05, 0.1) is 12.2 Å². The summed E-state index contributed by atoms with van der Waals surface area (Å²) in [5.41, 5.74) is 3.64. The molecular weight excluding hydrogens is 272 g/mol. The zero-order valence-electron chi connectivity index (χ0n) is 12.7. The van der Waals surface area contributed by atoms with Gasteiger partial charge in [0.1, 0.15) is 11.6 Å². The van der Waals surface area contributed by atoms with Crippen molar-refractivity contribution in [2.75, 3.05) is 13.1 Å². The predicted octanol–water partition coefficient (Wildman–Crippen LogP) is 2.98. The van der Waals surface area contributed by atoms with Crippen molar-refractivity contribution in [2.45, 2.75) is 33.7 Å². The Morgan fingerprint density at radius 2 is 2.00 bits per heavy atom. The number of nitrogens with zero attached hydrogens (tertiary/aromatic N) is 2. The molecule has 0 fully saturated rings. The first kappa shape index (κ1) is 15.6. The van der Waals surface area contributed by atoms with Crippen LogP contribution in [0.5, 0.6) is 0 Å². The molecule has 21 heavy (non-hydrogen) atoms. The van der Waals surface area contributed by atoms with Crippen LogP contribution in [0.2, 0.25) is 0 Å². The Labute approximate surface area is 124 Å². The van der Waals surface area contributed by atoms with Gasteiger partial charge in [0.2, 0.25) is 0 Å². The number of halogens is 2. The maximum atomic E-state index is 13.7. The number of nitrogens with one attached hydrogen (secondary N) is 1. The van der Waals surface area contributed by atoms with Crippen LogP contribution in [0.25, 0.3) is 0 Å². The Morgan fingerprint density at radius 3 is 2.67 bits per heavy atom. The van der Waals surface area contributed by atoms with Crippen LogP contribution in [0.4, 0.5) is 8.78 Å². The van der Waals surface area contributed by atoms with Gasteiger partial charge in [0, 0.05) is 17.3 Å². The lowest BCUT2D eigenvalue weighted by atomic mass is 10.1. The van der Waals surface area contributed by atoms with Gasteiger partial charge in [0.25, 0.3) is 0 Å². The summed E-state index contributed by atoms with van der Waals surface area (Å²) in [5.74, 6) is -1.09. The van der Waals surface area contributed by atoms with Crippen LogP contribution in [-0.4, -0.2) is 22.9 Å². The normalized spacial score (nSPS) is 11.1. The summed E-state index contributed by atoms with van der Waals surface area (Å²) in [6.45, 7) is 8.18. The standard InChI is InChI=1S/C16H21F2N3/c1-4-19-8-7-15-11(2)20-21(12(15)3)10-13-5-6-14(17)9-16(13)18/h5-6,9,19H,4,7-8,10H2,1-3H3. The summed E-state index contributed by atoms with van der Waals surface area (Å²) < 4.78 is 28.5. The second kappa shape index (κ2) is 6.80. The highest BCUT2D eigenvalue weighted by atomic mass is 19.1. The SMILES string of the molecule is CCNCCc1c(C)nn(Cc2ccc(F)cc2F)c1C. The lowest BCUT2D eigenvalue weighted by molar-refractivity contribution is 0.554. The highest BCUT2D eigenvalue weighted by Crippen LogP contribution is 2.17. The predicted molar refractivity (Wildman–Crippen MR) is 79.4 cm³/mol. The van der Waals surface area contributed by atoms with Crippen LogP contribution in [0, 0.1) is 25.5 Å². The molecule has 1 heterocycles. The molecule has 0 aliphatic heterocycles. The van der Waals surface area contributed by atoms with E-state index in [1.165, 1.54) is 17.7 Å². The molecule has 0 radical (unpaired) electrons. The lowest BCUT2D eigenvalue weighted by Gasteiger charge is -2.07. The number of hydrogen-bond donors (Lipinski definition) is 1. The van der Waals surface area contributed by atoms with Gasteiger partial charge in [0.15, 0.2) is 0 Å². The van der Waals surface area contributed by atoms with Crippen LogP contribution < -0.4 is 5.32 Å². The average molecular weight is 293 g/mol. The molecule has 3 nitrogen and oxygen atoms in total. The molecule has 1 aromatic carbocycles. The Morgan fingerprint density at radius 1 is 1.24 bits per heavy atom. The van der Waals surface area contributed by atoms with E-state index in [9.17, 15) is 8.78 Å². The minimum atomic E-state index is -0.559. The molecule has 0 unspecified atom stereocenters. The first-order chi connectivity index (χ1) is 10.0. The zero-order valence-corrected chi connectivity index (χ0v) is 12.7. The fourth-order valence-electron chi connectivity index (χ4n) is 2.45. The largest absolute Gasteiger partial charge is 0.317 e. The first-order valence-corrected chi connectivity index (χ1v) is 7.20. The van der Waals surface area contributed by atoms with E-state index in [0.717, 1.165) is 37.0 Å². The van der Waals surface area contributed by atoms with Crippen LogP contribution >= 0.6 is 0 Å². The molecule has 1 N–H and O–H groups in total. The summed E-state index contributed by atoms with van der Waals surface area (Å²) in [7, 11) is 0. The summed E-state index contributed by atoms with van der Waals surface area (Å²) in [6, 6.07) is 3.66. The number of aromatic nitrogens is 2. The second-order valence-electron chi connectivity index (χ2n) is 5.15. The van der Waals surface area contributed by atoms with Crippen molar-refractivity contribution in [3.63, 3.8) is 0 Å². The summed E-state index contributed by atoms with van der Waals surface area (Å²) in [4.78, 5) is 0. The Balaban J connectivity index is 2.19. The van der Waals surface area contributed by atoms with Crippen molar-refractivity contribution < 1.29 is 8.78 Å². The number of hydrogen-bond acceptors (Lipinski definition) is 2. The molecule has 0 aliphatic carbocycles. The van der Waals surface area contributed by atoms with E-state index in [0.29, 0.717) is 12.1 Å². The van der Waals surface area contributed by atoms with Gasteiger partial charge in [-0.1, -0.05) is 13.0 Å². The molecule has 114 valence electrons. The maximum Gasteiger partial charge on any atom is 0.131 e. The molecule has 5 heteroatoms. The number of aryl methyl sites for hydroxylation is 1. The highest BCUT2D eigenvalue weighted by Gasteiger charge is 2.13. The fourth-order valence-corrected chi connectivity index (χ4v) is 2.45. The quantitative estimate of drug-likeness (QED) is 0.830. The molecule has 0 bridgehead atoms. The van der Waals surface area contributed by atoms with Crippen LogP contribution in [0.15, 0.2) is 18.2 Å². The maximum absolute atomic E-state index is 13.7. The van der Waals surface area contributed by atoms with Gasteiger partial charge in [-0.2, -0.15) is 5.10 Å². The van der Waals surface area contributed by atoms with E-state index in [1.807, 2.05) is 13.8 Å². The van der Waals surface area contributed by atoms with Crippen molar-refractivity contribution in [3.05, 3.63) is 52.3 Å². The molecule has 1 aromatic heterocycles. The van der Waals surface area contributed by atoms with Crippen molar-refractivity contribution >= 4 is 0 Å². The number of rotatable bonds is 6. The average Bonchev–Trinajstić information content (AvgIpc) is 2.69. The number of benzene rings is 1. The summed E-state index contributed by atoms with van der Waals surface area (Å²) >= 11 is 0. The van der Waals surface area contributed by atoms with Crippen molar-refractivity contribution in [3.8, 4) is 0 Å². The fraction of sp³-hybridized carbons (Fsp3) is 0.438. The molecule has 0 spiro atoms. The zero-order chi connectivity index (χ0) is 15.4. The van der Waals surface area contributed by atoms with E-state index < -0.39 is 11.6 Å². The molecule has 2 rings (SSSR count). The Bertz CT molecular complexity index is 620. The molecule has 0 atom stereocenters. The second-order valence-corrected chi connectivity index (χ2v) is 5.15. The first-order valence-electron chi connectivity index (χ1n) is 7.20. The molecular formula is C16H21F2N3. The third-order valence-electron chi connectivity index (χ3n) is 3.67. The topological polar surface area (TPSA) is 29.9 Å². The highest BCUT2D eigenvalue weighted by molar-refractivity contribution is 5.27. The summed E-state index contributed by atoms with van der Waals surface area (Å²) in [6.07, 6.45) is 0.900. The molecule has 0 aliphatic rings. The van der Waals surface area contributed by atoms with E-state index in [2.05, 4.69) is 17.3 Å². The van der Waals surface area contributed by atoms with E-state index in [-0.39, 0.29) is 0 Å². The summed E-state index contributed by atoms with van der Waals surface area (Å²) in [5, 5.41) is 7.76. The van der Waals surface area contributed by atoms with E-state index >= 15 is 0 Å². The Kier molecular flexibility index (Phi) is 5.07. The lowest BCUT2D eigenvalue weighted by Crippen LogP contribution is -2.16. The minimum absolute atomic E-state index is 0.319. The number of likely N-dealkylation sites (N-methyl/N-ethyl adjacent to an activating group) is 1. The van der Waals surface area contributed by atoms with E-state index in [1.54, 1.807) is 4.68 Å². The van der Waals surface area contributed by atoms with Crippen LogP contribution in [0.3, 0.4) is 0 Å². The molecule has 0 saturated carbocycles. The third-order valence-corrected chi connectivity index (χ3v) is 3.67. The van der Waals surface area contributed by atoms with Crippen molar-refractivity contribution in [2.24, 2.45) is 0 Å². The van der Waals surface area contributed by atoms with Crippen LogP contribution in [0.1, 0.15) is 29.4 Å². The molecule has 2 aromatic rings. The van der Waals surface area contributed by atoms with Crippen LogP contribution in [-0.2, 0) is 13.0 Å². The van der Waals surface area contributed by atoms with Gasteiger partial charge in [-0.25, -0.2) is 8.78 Å². The van der Waals surface area contributed by atoms with Gasteiger partial charge < -0.3 is 5.32 Å². The van der Waals surface area contributed by atoms with E-state index in [4.69, 9.17) is 0 Å². The smallest absolute Gasteiger partial charge is 0.131 e. The monoisotopic (exact) mass is 293 g/mol. The Hall–Kier alpha value is -1.75.